The molecule has 1 aliphatic rings. The van der Waals surface area contributed by atoms with Crippen LogP contribution >= 0.6 is 0 Å². The normalized spacial score (nSPS) is 17.4. The van der Waals surface area contributed by atoms with Crippen molar-refractivity contribution in [2.45, 2.75) is 18.8 Å². The number of carbonyl (C=O) groups excluding carboxylic acids is 1. The maximum atomic E-state index is 12.5. The van der Waals surface area contributed by atoms with Crippen molar-refractivity contribution >= 4 is 17.7 Å². The van der Waals surface area contributed by atoms with E-state index in [0.717, 1.165) is 31.6 Å². The topological polar surface area (TPSA) is 87.1 Å². The first kappa shape index (κ1) is 18.9. The fourth-order valence-electron chi connectivity index (χ4n) is 3.08. The lowest BCUT2D eigenvalue weighted by Gasteiger charge is -2.32. The van der Waals surface area contributed by atoms with E-state index in [9.17, 15) is 4.79 Å². The van der Waals surface area contributed by atoms with Crippen molar-refractivity contribution in [2.75, 3.05) is 39.0 Å². The lowest BCUT2D eigenvalue weighted by atomic mass is 9.94. The minimum atomic E-state index is 0.0475. The molecule has 0 saturated carbocycles. The summed E-state index contributed by atoms with van der Waals surface area (Å²) in [7, 11) is 3.95. The van der Waals surface area contributed by atoms with Crippen molar-refractivity contribution in [3.63, 3.8) is 0 Å². The van der Waals surface area contributed by atoms with Gasteiger partial charge in [-0.3, -0.25) is 9.78 Å². The second kappa shape index (κ2) is 9.18. The summed E-state index contributed by atoms with van der Waals surface area (Å²) < 4.78 is 0. The molecule has 1 unspecified atom stereocenters. The van der Waals surface area contributed by atoms with Gasteiger partial charge in [-0.15, -0.1) is 0 Å². The molecule has 8 nitrogen and oxygen atoms in total. The average molecular weight is 367 g/mol. The Balaban J connectivity index is 1.71. The van der Waals surface area contributed by atoms with Gasteiger partial charge in [0.05, 0.1) is 5.69 Å². The molecule has 1 atom stereocenters. The third-order valence-corrected chi connectivity index (χ3v) is 4.37. The number of rotatable bonds is 6. The lowest BCUT2D eigenvalue weighted by Crippen LogP contribution is -2.38. The number of carbonyl (C=O) groups is 1. The van der Waals surface area contributed by atoms with Crippen LogP contribution in [0.5, 0.6) is 0 Å². The van der Waals surface area contributed by atoms with Crippen LogP contribution < -0.4 is 5.32 Å². The molecule has 1 aliphatic heterocycles. The van der Waals surface area contributed by atoms with E-state index < -0.39 is 0 Å². The van der Waals surface area contributed by atoms with Gasteiger partial charge in [-0.1, -0.05) is 6.08 Å². The smallest absolute Gasteiger partial charge is 0.246 e. The minimum absolute atomic E-state index is 0.0475. The zero-order valence-corrected chi connectivity index (χ0v) is 15.7. The van der Waals surface area contributed by atoms with E-state index in [2.05, 4.69) is 25.3 Å². The third kappa shape index (κ3) is 5.30. The van der Waals surface area contributed by atoms with Crippen LogP contribution in [-0.4, -0.2) is 69.4 Å². The molecule has 1 N–H and O–H groups in total. The molecule has 2 aromatic rings. The number of hydrogen-bond donors (Lipinski definition) is 1. The number of amides is 1. The Bertz CT molecular complexity index is 779. The van der Waals surface area contributed by atoms with Crippen molar-refractivity contribution in [3.8, 4) is 0 Å². The second-order valence-corrected chi connectivity index (χ2v) is 6.78. The maximum absolute atomic E-state index is 12.5. The monoisotopic (exact) mass is 367 g/mol. The summed E-state index contributed by atoms with van der Waals surface area (Å²) in [5.41, 5.74) is 0.847. The van der Waals surface area contributed by atoms with Gasteiger partial charge in [-0.25, -0.2) is 15.0 Å². The Morgan fingerprint density at radius 2 is 2.00 bits per heavy atom. The van der Waals surface area contributed by atoms with Gasteiger partial charge >= 0.3 is 0 Å². The molecular formula is C19H25N7O. The number of anilines is 2. The number of piperidine rings is 1. The minimum Gasteiger partial charge on any atom is -0.338 e. The van der Waals surface area contributed by atoms with Crippen molar-refractivity contribution in [2.24, 2.45) is 0 Å². The molecule has 2 aromatic heterocycles. The largest absolute Gasteiger partial charge is 0.338 e. The van der Waals surface area contributed by atoms with Crippen LogP contribution in [0.2, 0.25) is 0 Å². The number of nitrogens with zero attached hydrogens (tertiary/aromatic N) is 6. The van der Waals surface area contributed by atoms with Crippen LogP contribution in [0, 0.1) is 0 Å². The highest BCUT2D eigenvalue weighted by Crippen LogP contribution is 2.30. The van der Waals surface area contributed by atoms with Gasteiger partial charge in [-0.05, 0) is 33.0 Å². The molecule has 0 aromatic carbocycles. The molecule has 1 saturated heterocycles. The van der Waals surface area contributed by atoms with E-state index in [1.807, 2.05) is 30.0 Å². The third-order valence-electron chi connectivity index (χ3n) is 4.37. The standard InChI is InChI=1S/C19H25N7O/c1-25(2)12-4-7-16(27)26-13-3-6-15(14-26)17-18(21-11-10-20-17)24-19-22-8-5-9-23-19/h4-5,7-11,15H,3,6,12-14H2,1-2H3,(H,21,22,23,24)/b7-4+. The summed E-state index contributed by atoms with van der Waals surface area (Å²) >= 11 is 0. The SMILES string of the molecule is CN(C)C/C=C/C(=O)N1CCCC(c2nccnc2Nc2ncccn2)C1. The predicted molar refractivity (Wildman–Crippen MR) is 104 cm³/mol. The van der Waals surface area contributed by atoms with E-state index in [0.29, 0.717) is 18.3 Å². The van der Waals surface area contributed by atoms with Gasteiger partial charge in [0.15, 0.2) is 5.82 Å². The molecule has 0 bridgehead atoms. The van der Waals surface area contributed by atoms with E-state index in [1.165, 1.54) is 0 Å². The molecular weight excluding hydrogens is 342 g/mol. The highest BCUT2D eigenvalue weighted by molar-refractivity contribution is 5.87. The Labute approximate surface area is 159 Å². The van der Waals surface area contributed by atoms with Crippen LogP contribution in [0.1, 0.15) is 24.5 Å². The molecule has 1 amide bonds. The molecule has 3 rings (SSSR count). The number of hydrogen-bond acceptors (Lipinski definition) is 7. The molecule has 1 fully saturated rings. The van der Waals surface area contributed by atoms with Gasteiger partial charge in [0, 0.05) is 56.4 Å². The first-order chi connectivity index (χ1) is 13.1. The Morgan fingerprint density at radius 1 is 1.22 bits per heavy atom. The first-order valence-electron chi connectivity index (χ1n) is 9.08. The molecule has 3 heterocycles. The summed E-state index contributed by atoms with van der Waals surface area (Å²) in [4.78, 5) is 33.7. The van der Waals surface area contributed by atoms with Crippen molar-refractivity contribution < 1.29 is 4.79 Å². The zero-order chi connectivity index (χ0) is 19.1. The van der Waals surface area contributed by atoms with Crippen molar-refractivity contribution in [1.82, 2.24) is 29.7 Å². The number of aromatic nitrogens is 4. The van der Waals surface area contributed by atoms with Crippen molar-refractivity contribution in [3.05, 3.63) is 48.7 Å². The summed E-state index contributed by atoms with van der Waals surface area (Å²) in [6.07, 6.45) is 12.1. The van der Waals surface area contributed by atoms with Crippen LogP contribution in [0.15, 0.2) is 43.0 Å². The van der Waals surface area contributed by atoms with Gasteiger partial charge in [0.25, 0.3) is 0 Å². The predicted octanol–water partition coefficient (Wildman–Crippen LogP) is 1.83. The first-order valence-corrected chi connectivity index (χ1v) is 9.08. The molecule has 27 heavy (non-hydrogen) atoms. The fraction of sp³-hybridized carbons (Fsp3) is 0.421. The fourth-order valence-corrected chi connectivity index (χ4v) is 3.08. The van der Waals surface area contributed by atoms with E-state index >= 15 is 0 Å². The van der Waals surface area contributed by atoms with Crippen LogP contribution in [0.4, 0.5) is 11.8 Å². The summed E-state index contributed by atoms with van der Waals surface area (Å²) in [6.45, 7) is 2.15. The van der Waals surface area contributed by atoms with Crippen LogP contribution in [-0.2, 0) is 4.79 Å². The number of nitrogens with one attached hydrogen (secondary N) is 1. The van der Waals surface area contributed by atoms with Gasteiger partial charge in [0.1, 0.15) is 0 Å². The van der Waals surface area contributed by atoms with E-state index in [4.69, 9.17) is 0 Å². The molecule has 0 spiro atoms. The van der Waals surface area contributed by atoms with Gasteiger partial charge in [-0.2, -0.15) is 0 Å². The maximum Gasteiger partial charge on any atom is 0.246 e. The average Bonchev–Trinajstić information content (AvgIpc) is 2.69. The second-order valence-electron chi connectivity index (χ2n) is 6.78. The van der Waals surface area contributed by atoms with Crippen molar-refractivity contribution in [1.29, 1.82) is 0 Å². The number of likely N-dealkylation sites (N-methyl/N-ethyl adjacent to an activating group) is 1. The summed E-state index contributed by atoms with van der Waals surface area (Å²) in [6, 6.07) is 1.76. The van der Waals surface area contributed by atoms with E-state index in [1.54, 1.807) is 36.9 Å². The summed E-state index contributed by atoms with van der Waals surface area (Å²) in [5, 5.41) is 3.14. The van der Waals surface area contributed by atoms with Crippen LogP contribution in [0.25, 0.3) is 0 Å². The molecule has 0 aliphatic carbocycles. The summed E-state index contributed by atoms with van der Waals surface area (Å²) in [5.74, 6) is 1.30. The highest BCUT2D eigenvalue weighted by atomic mass is 16.2. The highest BCUT2D eigenvalue weighted by Gasteiger charge is 2.27. The van der Waals surface area contributed by atoms with Crippen LogP contribution in [0.3, 0.4) is 0 Å². The number of likely N-dealkylation sites (tertiary alicyclic amines) is 1. The molecule has 0 radical (unpaired) electrons. The zero-order valence-electron chi connectivity index (χ0n) is 15.7. The molecule has 8 heteroatoms. The quantitative estimate of drug-likeness (QED) is 0.780. The molecule has 142 valence electrons. The Morgan fingerprint density at radius 3 is 2.78 bits per heavy atom. The lowest BCUT2D eigenvalue weighted by molar-refractivity contribution is -0.127. The Kier molecular flexibility index (Phi) is 6.43. The Hall–Kier alpha value is -2.87. The van der Waals surface area contributed by atoms with E-state index in [-0.39, 0.29) is 11.8 Å². The van der Waals surface area contributed by atoms with Gasteiger partial charge in [0.2, 0.25) is 11.9 Å². The van der Waals surface area contributed by atoms with Gasteiger partial charge < -0.3 is 15.1 Å².